The van der Waals surface area contributed by atoms with Crippen LogP contribution in [0.2, 0.25) is 0 Å². The van der Waals surface area contributed by atoms with E-state index in [0.29, 0.717) is 10.8 Å². The normalized spacial score (nSPS) is 11.1. The lowest BCUT2D eigenvalue weighted by molar-refractivity contribution is 0.163. The predicted octanol–water partition coefficient (Wildman–Crippen LogP) is 2.56. The number of thiazole rings is 1. The number of rotatable bonds is 3. The van der Waals surface area contributed by atoms with Gasteiger partial charge in [0, 0.05) is 5.69 Å². The average Bonchev–Trinajstić information content (AvgIpc) is 2.56. The van der Waals surface area contributed by atoms with Crippen LogP contribution in [0.15, 0.2) is 18.2 Å². The van der Waals surface area contributed by atoms with E-state index in [1.165, 1.54) is 11.3 Å². The first-order valence-corrected chi connectivity index (χ1v) is 5.15. The molecule has 0 radical (unpaired) electrons. The molecule has 0 amide bonds. The Bertz CT molecular complexity index is 469. The fourth-order valence-corrected chi connectivity index (χ4v) is 2.10. The smallest absolute Gasteiger partial charge is 0.255 e. The molecule has 0 aliphatic heterocycles. The van der Waals surface area contributed by atoms with Crippen LogP contribution in [-0.4, -0.2) is 18.0 Å². The van der Waals surface area contributed by atoms with Crippen LogP contribution in [0, 0.1) is 0 Å². The van der Waals surface area contributed by atoms with Gasteiger partial charge in [0.15, 0.2) is 5.13 Å². The van der Waals surface area contributed by atoms with Gasteiger partial charge in [-0.1, -0.05) is 11.3 Å². The maximum Gasteiger partial charge on any atom is 0.255 e. The van der Waals surface area contributed by atoms with Crippen molar-refractivity contribution in [2.24, 2.45) is 0 Å². The summed E-state index contributed by atoms with van der Waals surface area (Å²) < 4.78 is 24.8. The topological polar surface area (TPSA) is 50.9 Å². The molecular formula is C9H9F2N3S. The summed E-state index contributed by atoms with van der Waals surface area (Å²) in [7, 11) is 0. The van der Waals surface area contributed by atoms with Crippen LogP contribution < -0.4 is 11.1 Å². The van der Waals surface area contributed by atoms with E-state index in [2.05, 4.69) is 10.3 Å². The summed E-state index contributed by atoms with van der Waals surface area (Å²) in [6, 6.07) is 5.29. The zero-order valence-electron chi connectivity index (χ0n) is 7.71. The number of benzene rings is 1. The van der Waals surface area contributed by atoms with E-state index < -0.39 is 6.43 Å². The van der Waals surface area contributed by atoms with E-state index in [1.54, 1.807) is 18.2 Å². The van der Waals surface area contributed by atoms with Gasteiger partial charge in [0.2, 0.25) is 0 Å². The van der Waals surface area contributed by atoms with Crippen LogP contribution in [0.4, 0.5) is 19.6 Å². The SMILES string of the molecule is Nc1ccc2nc(NCC(F)F)sc2c1. The molecule has 6 heteroatoms. The Kier molecular flexibility index (Phi) is 2.68. The zero-order valence-corrected chi connectivity index (χ0v) is 8.52. The molecule has 0 spiro atoms. The molecule has 0 saturated heterocycles. The third-order valence-electron chi connectivity index (χ3n) is 1.82. The number of hydrogen-bond donors (Lipinski definition) is 2. The van der Waals surface area contributed by atoms with E-state index in [-0.39, 0.29) is 6.54 Å². The average molecular weight is 229 g/mol. The first-order valence-electron chi connectivity index (χ1n) is 4.33. The first-order chi connectivity index (χ1) is 7.15. The number of nitrogens with one attached hydrogen (secondary N) is 1. The van der Waals surface area contributed by atoms with Crippen LogP contribution in [-0.2, 0) is 0 Å². The number of halogens is 2. The van der Waals surface area contributed by atoms with Gasteiger partial charge in [-0.3, -0.25) is 0 Å². The number of anilines is 2. The van der Waals surface area contributed by atoms with Gasteiger partial charge in [-0.25, -0.2) is 13.8 Å². The summed E-state index contributed by atoms with van der Waals surface area (Å²) in [5.41, 5.74) is 7.01. The third-order valence-corrected chi connectivity index (χ3v) is 2.80. The minimum atomic E-state index is -2.37. The zero-order chi connectivity index (χ0) is 10.8. The van der Waals surface area contributed by atoms with Crippen molar-refractivity contribution in [1.29, 1.82) is 0 Å². The minimum Gasteiger partial charge on any atom is -0.399 e. The maximum atomic E-state index is 11.9. The van der Waals surface area contributed by atoms with Gasteiger partial charge < -0.3 is 11.1 Å². The van der Waals surface area contributed by atoms with Gasteiger partial charge in [0.1, 0.15) is 0 Å². The van der Waals surface area contributed by atoms with E-state index in [0.717, 1.165) is 10.2 Å². The number of nitrogens with zero attached hydrogens (tertiary/aromatic N) is 1. The van der Waals surface area contributed by atoms with Crippen molar-refractivity contribution < 1.29 is 8.78 Å². The Morgan fingerprint density at radius 1 is 1.47 bits per heavy atom. The molecule has 1 aromatic heterocycles. The highest BCUT2D eigenvalue weighted by molar-refractivity contribution is 7.22. The molecule has 2 aromatic rings. The summed E-state index contributed by atoms with van der Waals surface area (Å²) >= 11 is 1.32. The fourth-order valence-electron chi connectivity index (χ4n) is 1.18. The standard InChI is InChI=1S/C9H9F2N3S/c10-8(11)4-13-9-14-6-2-1-5(12)3-7(6)15-9/h1-3,8H,4,12H2,(H,13,14). The van der Waals surface area contributed by atoms with E-state index >= 15 is 0 Å². The van der Waals surface area contributed by atoms with E-state index in [9.17, 15) is 8.78 Å². The van der Waals surface area contributed by atoms with Gasteiger partial charge in [-0.2, -0.15) is 0 Å². The molecule has 1 heterocycles. The van der Waals surface area contributed by atoms with Crippen molar-refractivity contribution in [1.82, 2.24) is 4.98 Å². The minimum absolute atomic E-state index is 0.380. The van der Waals surface area contributed by atoms with Crippen molar-refractivity contribution in [2.75, 3.05) is 17.6 Å². The van der Waals surface area contributed by atoms with Crippen LogP contribution in [0.25, 0.3) is 10.2 Å². The second-order valence-electron chi connectivity index (χ2n) is 3.02. The Balaban J connectivity index is 2.23. The Labute approximate surface area is 88.9 Å². The maximum absolute atomic E-state index is 11.9. The Morgan fingerprint density at radius 2 is 2.27 bits per heavy atom. The van der Waals surface area contributed by atoms with Crippen molar-refractivity contribution in [3.63, 3.8) is 0 Å². The molecule has 0 saturated carbocycles. The molecule has 2 rings (SSSR count). The summed E-state index contributed by atoms with van der Waals surface area (Å²) in [5, 5.41) is 3.07. The molecule has 0 unspecified atom stereocenters. The second kappa shape index (κ2) is 3.98. The van der Waals surface area contributed by atoms with Crippen molar-refractivity contribution in [3.8, 4) is 0 Å². The highest BCUT2D eigenvalue weighted by Gasteiger charge is 2.06. The molecule has 0 aliphatic carbocycles. The summed E-state index contributed by atoms with van der Waals surface area (Å²) in [6.07, 6.45) is -2.37. The number of nitrogen functional groups attached to an aromatic ring is 1. The first kappa shape index (κ1) is 10.1. The second-order valence-corrected chi connectivity index (χ2v) is 4.05. The van der Waals surface area contributed by atoms with Crippen LogP contribution in [0.5, 0.6) is 0 Å². The van der Waals surface area contributed by atoms with Gasteiger partial charge in [-0.05, 0) is 18.2 Å². The van der Waals surface area contributed by atoms with Crippen molar-refractivity contribution in [3.05, 3.63) is 18.2 Å². The quantitative estimate of drug-likeness (QED) is 0.795. The molecule has 0 bridgehead atoms. The lowest BCUT2D eigenvalue weighted by Crippen LogP contribution is -2.09. The third kappa shape index (κ3) is 2.33. The van der Waals surface area contributed by atoms with E-state index in [4.69, 9.17) is 5.73 Å². The molecule has 0 aliphatic rings. The lowest BCUT2D eigenvalue weighted by Gasteiger charge is -1.98. The number of hydrogen-bond acceptors (Lipinski definition) is 4. The van der Waals surface area contributed by atoms with Gasteiger partial charge >= 0.3 is 0 Å². The monoisotopic (exact) mass is 229 g/mol. The number of alkyl halides is 2. The Morgan fingerprint density at radius 3 is 3.00 bits per heavy atom. The highest BCUT2D eigenvalue weighted by Crippen LogP contribution is 2.27. The largest absolute Gasteiger partial charge is 0.399 e. The van der Waals surface area contributed by atoms with Crippen LogP contribution in [0.3, 0.4) is 0 Å². The van der Waals surface area contributed by atoms with Crippen LogP contribution >= 0.6 is 11.3 Å². The molecule has 3 N–H and O–H groups in total. The lowest BCUT2D eigenvalue weighted by atomic mass is 10.3. The molecule has 80 valence electrons. The number of nitrogens with two attached hydrogens (primary N) is 1. The summed E-state index contributed by atoms with van der Waals surface area (Å²) in [4.78, 5) is 4.14. The Hall–Kier alpha value is -1.43. The number of fused-ring (bicyclic) bond motifs is 1. The predicted molar refractivity (Wildman–Crippen MR) is 58.5 cm³/mol. The van der Waals surface area contributed by atoms with Gasteiger partial charge in [0.25, 0.3) is 6.43 Å². The van der Waals surface area contributed by atoms with Crippen LogP contribution in [0.1, 0.15) is 0 Å². The fraction of sp³-hybridized carbons (Fsp3) is 0.222. The summed E-state index contributed by atoms with van der Waals surface area (Å²) in [6.45, 7) is -0.380. The molecule has 0 fully saturated rings. The van der Waals surface area contributed by atoms with Gasteiger partial charge in [0.05, 0.1) is 16.8 Å². The van der Waals surface area contributed by atoms with E-state index in [1.807, 2.05) is 0 Å². The highest BCUT2D eigenvalue weighted by atomic mass is 32.1. The molecular weight excluding hydrogens is 220 g/mol. The number of aromatic nitrogens is 1. The van der Waals surface area contributed by atoms with Crippen molar-refractivity contribution >= 4 is 32.4 Å². The molecule has 0 atom stereocenters. The van der Waals surface area contributed by atoms with Gasteiger partial charge in [-0.15, -0.1) is 0 Å². The molecule has 1 aromatic carbocycles. The summed E-state index contributed by atoms with van der Waals surface area (Å²) in [5.74, 6) is 0. The molecule has 15 heavy (non-hydrogen) atoms. The molecule has 3 nitrogen and oxygen atoms in total. The van der Waals surface area contributed by atoms with Crippen molar-refractivity contribution in [2.45, 2.75) is 6.43 Å².